The average molecular weight is 443 g/mol. The van der Waals surface area contributed by atoms with Crippen LogP contribution in [0.25, 0.3) is 0 Å². The minimum absolute atomic E-state index is 0.0710. The summed E-state index contributed by atoms with van der Waals surface area (Å²) in [6.07, 6.45) is 1.12. The molecule has 0 saturated carbocycles. The van der Waals surface area contributed by atoms with Gasteiger partial charge in [0.25, 0.3) is 0 Å². The third-order valence-electron chi connectivity index (χ3n) is 6.45. The SMILES string of the molecule is COc1ccc(N2C(N)=C(C#N)C(c3ccc(N(C)C)cc3)C3=C2CC(C)(C)CC3=O)cc1. The summed E-state index contributed by atoms with van der Waals surface area (Å²) >= 11 is 0. The van der Waals surface area contributed by atoms with Crippen molar-refractivity contribution in [1.29, 1.82) is 5.26 Å². The maximum Gasteiger partial charge on any atom is 0.162 e. The fourth-order valence-corrected chi connectivity index (χ4v) is 4.83. The molecule has 0 aromatic heterocycles. The molecule has 33 heavy (non-hydrogen) atoms. The van der Waals surface area contributed by atoms with Crippen LogP contribution in [0.2, 0.25) is 0 Å². The van der Waals surface area contributed by atoms with Crippen molar-refractivity contribution in [3.63, 3.8) is 0 Å². The van der Waals surface area contributed by atoms with Gasteiger partial charge in [0.2, 0.25) is 0 Å². The Balaban J connectivity index is 1.93. The van der Waals surface area contributed by atoms with Crippen LogP contribution in [0.4, 0.5) is 11.4 Å². The van der Waals surface area contributed by atoms with Crippen molar-refractivity contribution in [3.05, 3.63) is 76.8 Å². The summed E-state index contributed by atoms with van der Waals surface area (Å²) in [6.45, 7) is 4.20. The van der Waals surface area contributed by atoms with Crippen molar-refractivity contribution in [2.24, 2.45) is 11.1 Å². The summed E-state index contributed by atoms with van der Waals surface area (Å²) in [5.74, 6) is 0.696. The Kier molecular flexibility index (Phi) is 5.67. The first-order valence-corrected chi connectivity index (χ1v) is 11.0. The van der Waals surface area contributed by atoms with Crippen molar-refractivity contribution < 1.29 is 9.53 Å². The molecule has 0 fully saturated rings. The summed E-state index contributed by atoms with van der Waals surface area (Å²) in [7, 11) is 5.58. The molecular formula is C27H30N4O2. The molecule has 2 N–H and O–H groups in total. The number of nitrogens with zero attached hydrogens (tertiary/aromatic N) is 3. The largest absolute Gasteiger partial charge is 0.497 e. The highest BCUT2D eigenvalue weighted by Crippen LogP contribution is 2.50. The van der Waals surface area contributed by atoms with E-state index in [0.717, 1.165) is 28.4 Å². The Bertz CT molecular complexity index is 1180. The maximum absolute atomic E-state index is 13.6. The first-order valence-electron chi connectivity index (χ1n) is 11.0. The van der Waals surface area contributed by atoms with Crippen LogP contribution in [0.15, 0.2) is 71.2 Å². The van der Waals surface area contributed by atoms with E-state index in [1.165, 1.54) is 0 Å². The Morgan fingerprint density at radius 1 is 1.09 bits per heavy atom. The van der Waals surface area contributed by atoms with Crippen LogP contribution in [-0.2, 0) is 4.79 Å². The monoisotopic (exact) mass is 442 g/mol. The van der Waals surface area contributed by atoms with Gasteiger partial charge in [-0.15, -0.1) is 0 Å². The van der Waals surface area contributed by atoms with E-state index in [-0.39, 0.29) is 11.2 Å². The van der Waals surface area contributed by atoms with Crippen LogP contribution in [0.3, 0.4) is 0 Å². The van der Waals surface area contributed by atoms with E-state index in [1.54, 1.807) is 7.11 Å². The number of rotatable bonds is 4. The molecular weight excluding hydrogens is 412 g/mol. The van der Waals surface area contributed by atoms with Gasteiger partial charge in [0.15, 0.2) is 5.78 Å². The van der Waals surface area contributed by atoms with Gasteiger partial charge in [0, 0.05) is 43.2 Å². The lowest BCUT2D eigenvalue weighted by atomic mass is 9.68. The molecule has 0 radical (unpaired) electrons. The summed E-state index contributed by atoms with van der Waals surface area (Å²) in [5, 5.41) is 10.2. The van der Waals surface area contributed by atoms with Crippen molar-refractivity contribution >= 4 is 17.2 Å². The van der Waals surface area contributed by atoms with Gasteiger partial charge < -0.3 is 15.4 Å². The van der Waals surface area contributed by atoms with E-state index in [0.29, 0.717) is 29.8 Å². The molecule has 1 unspecified atom stereocenters. The van der Waals surface area contributed by atoms with E-state index in [2.05, 4.69) is 19.9 Å². The number of methoxy groups -OCH3 is 1. The van der Waals surface area contributed by atoms with Gasteiger partial charge in [0.05, 0.1) is 24.7 Å². The number of nitriles is 1. The second kappa shape index (κ2) is 8.32. The number of allylic oxidation sites excluding steroid dienone is 3. The standard InChI is InChI=1S/C27H30N4O2/c1-27(2)14-22-25(23(32)15-27)24(17-6-8-18(9-7-17)30(3)4)21(16-28)26(29)31(22)19-10-12-20(33-5)13-11-19/h6-13,24H,14-15,29H2,1-5H3. The number of nitrogens with two attached hydrogens (primary N) is 1. The zero-order valence-corrected chi connectivity index (χ0v) is 19.8. The summed E-state index contributed by atoms with van der Waals surface area (Å²) in [6, 6.07) is 17.9. The number of anilines is 2. The first kappa shape index (κ1) is 22.5. The van der Waals surface area contributed by atoms with Gasteiger partial charge in [-0.2, -0.15) is 5.26 Å². The van der Waals surface area contributed by atoms with Crippen molar-refractivity contribution in [2.75, 3.05) is 31.0 Å². The van der Waals surface area contributed by atoms with Gasteiger partial charge in [-0.1, -0.05) is 26.0 Å². The molecule has 6 nitrogen and oxygen atoms in total. The van der Waals surface area contributed by atoms with Gasteiger partial charge in [-0.3, -0.25) is 9.69 Å². The number of benzene rings is 2. The highest BCUT2D eigenvalue weighted by molar-refractivity contribution is 6.01. The van der Waals surface area contributed by atoms with Crippen LogP contribution in [0.1, 0.15) is 38.2 Å². The zero-order chi connectivity index (χ0) is 23.9. The first-order chi connectivity index (χ1) is 15.7. The van der Waals surface area contributed by atoms with E-state index < -0.39 is 5.92 Å². The fraction of sp³-hybridized carbons (Fsp3) is 0.333. The van der Waals surface area contributed by atoms with E-state index in [9.17, 15) is 10.1 Å². The quantitative estimate of drug-likeness (QED) is 0.739. The molecule has 6 heteroatoms. The average Bonchev–Trinajstić information content (AvgIpc) is 2.78. The lowest BCUT2D eigenvalue weighted by Gasteiger charge is -2.43. The number of carbonyl (C=O) groups excluding carboxylic acids is 1. The predicted octanol–water partition coefficient (Wildman–Crippen LogP) is 4.70. The Hall–Kier alpha value is -3.72. The second-order valence-electron chi connectivity index (χ2n) is 9.66. The van der Waals surface area contributed by atoms with Gasteiger partial charge >= 0.3 is 0 Å². The van der Waals surface area contributed by atoms with Crippen molar-refractivity contribution in [2.45, 2.75) is 32.6 Å². The number of ether oxygens (including phenoxy) is 1. The van der Waals surface area contributed by atoms with Crippen molar-refractivity contribution in [3.8, 4) is 11.8 Å². The number of carbonyl (C=O) groups is 1. The normalized spacial score (nSPS) is 19.8. The molecule has 1 aliphatic carbocycles. The summed E-state index contributed by atoms with van der Waals surface area (Å²) < 4.78 is 5.30. The summed E-state index contributed by atoms with van der Waals surface area (Å²) in [4.78, 5) is 17.5. The topological polar surface area (TPSA) is 82.6 Å². The van der Waals surface area contributed by atoms with Crippen LogP contribution in [0.5, 0.6) is 5.75 Å². The minimum atomic E-state index is -0.473. The van der Waals surface area contributed by atoms with Crippen LogP contribution in [-0.4, -0.2) is 27.0 Å². The molecule has 170 valence electrons. The molecule has 1 heterocycles. The third kappa shape index (κ3) is 3.95. The van der Waals surface area contributed by atoms with Crippen LogP contribution < -0.4 is 20.3 Å². The molecule has 0 amide bonds. The molecule has 4 rings (SSSR count). The van der Waals surface area contributed by atoms with Crippen molar-refractivity contribution in [1.82, 2.24) is 0 Å². The second-order valence-corrected chi connectivity index (χ2v) is 9.66. The maximum atomic E-state index is 13.6. The molecule has 0 spiro atoms. The number of hydrogen-bond donors (Lipinski definition) is 1. The highest BCUT2D eigenvalue weighted by atomic mass is 16.5. The van der Waals surface area contributed by atoms with Crippen LogP contribution in [0, 0.1) is 16.7 Å². The number of ketones is 1. The third-order valence-corrected chi connectivity index (χ3v) is 6.45. The molecule has 2 aromatic rings. The van der Waals surface area contributed by atoms with Gasteiger partial charge in [0.1, 0.15) is 11.6 Å². The fourth-order valence-electron chi connectivity index (χ4n) is 4.83. The lowest BCUT2D eigenvalue weighted by molar-refractivity contribution is -0.118. The Morgan fingerprint density at radius 3 is 2.27 bits per heavy atom. The molecule has 1 atom stereocenters. The highest BCUT2D eigenvalue weighted by Gasteiger charge is 2.44. The molecule has 1 aliphatic heterocycles. The molecule has 2 aromatic carbocycles. The molecule has 0 bridgehead atoms. The van der Waals surface area contributed by atoms with Gasteiger partial charge in [-0.25, -0.2) is 0 Å². The van der Waals surface area contributed by atoms with E-state index in [4.69, 9.17) is 10.5 Å². The number of hydrogen-bond acceptors (Lipinski definition) is 6. The summed E-state index contributed by atoms with van der Waals surface area (Å²) in [5.41, 5.74) is 11.2. The van der Waals surface area contributed by atoms with Crippen LogP contribution >= 0.6 is 0 Å². The smallest absolute Gasteiger partial charge is 0.162 e. The predicted molar refractivity (Wildman–Crippen MR) is 131 cm³/mol. The number of Topliss-reactive ketones (excluding diaryl/α,β-unsaturated/α-hetero) is 1. The lowest BCUT2D eigenvalue weighted by Crippen LogP contribution is -2.42. The molecule has 2 aliphatic rings. The Morgan fingerprint density at radius 2 is 1.73 bits per heavy atom. The van der Waals surface area contributed by atoms with Gasteiger partial charge in [-0.05, 0) is 53.8 Å². The zero-order valence-electron chi connectivity index (χ0n) is 19.8. The minimum Gasteiger partial charge on any atom is -0.497 e. The molecule has 0 saturated heterocycles. The van der Waals surface area contributed by atoms with E-state index in [1.807, 2.05) is 72.4 Å². The van der Waals surface area contributed by atoms with E-state index >= 15 is 0 Å². The Labute approximate surface area is 195 Å².